The molecule has 0 spiro atoms. The summed E-state index contributed by atoms with van der Waals surface area (Å²) in [6, 6.07) is 0. The van der Waals surface area contributed by atoms with Gasteiger partial charge in [0.25, 0.3) is 0 Å². The van der Waals surface area contributed by atoms with Gasteiger partial charge in [-0.2, -0.15) is 0 Å². The fourth-order valence-electron chi connectivity index (χ4n) is 0.350. The number of hydroxylamine groups is 1. The molecule has 0 heterocycles. The highest BCUT2D eigenvalue weighted by Crippen LogP contribution is 1.60. The van der Waals surface area contributed by atoms with Crippen LogP contribution in [0.3, 0.4) is 0 Å². The van der Waals surface area contributed by atoms with Gasteiger partial charge < -0.3 is 10.2 Å². The molecule has 0 atom stereocenters. The predicted octanol–water partition coefficient (Wildman–Crippen LogP) is -0.253. The average molecular weight is 118 g/mol. The molecular weight excluding hydrogens is 104 g/mol. The van der Waals surface area contributed by atoms with Crippen LogP contribution in [0, 0.1) is 0 Å². The third-order valence-corrected chi connectivity index (χ3v) is 0.723. The van der Waals surface area contributed by atoms with Gasteiger partial charge in [0.2, 0.25) is 0 Å². The van der Waals surface area contributed by atoms with Crippen molar-refractivity contribution >= 4 is 0 Å². The highest BCUT2D eigenvalue weighted by Gasteiger charge is 1.79. The summed E-state index contributed by atoms with van der Waals surface area (Å²) in [6.45, 7) is 4.49. The van der Waals surface area contributed by atoms with E-state index < -0.39 is 0 Å². The number of hydrogen-bond acceptors (Lipinski definition) is 3. The first-order valence-electron chi connectivity index (χ1n) is 2.91. The molecule has 0 amide bonds. The maximum absolute atomic E-state index is 4.85. The van der Waals surface area contributed by atoms with E-state index in [1.807, 2.05) is 14.0 Å². The van der Waals surface area contributed by atoms with Gasteiger partial charge in [0, 0.05) is 13.1 Å². The van der Waals surface area contributed by atoms with Gasteiger partial charge in [-0.25, -0.2) is 5.48 Å². The standard InChI is InChI=1S/C5H14N2O/c1-3-8-7-5-4-6-2/h6-7H,3-5H2,1-2H3. The fraction of sp³-hybridized carbons (Fsp3) is 1.00. The van der Waals surface area contributed by atoms with Gasteiger partial charge in [-0.15, -0.1) is 0 Å². The summed E-state index contributed by atoms with van der Waals surface area (Å²) in [4.78, 5) is 4.85. The molecule has 3 heteroatoms. The van der Waals surface area contributed by atoms with Crippen molar-refractivity contribution < 1.29 is 4.84 Å². The van der Waals surface area contributed by atoms with Gasteiger partial charge in [-0.1, -0.05) is 0 Å². The molecule has 0 bridgehead atoms. The van der Waals surface area contributed by atoms with Crippen molar-refractivity contribution in [2.24, 2.45) is 0 Å². The number of rotatable bonds is 5. The summed E-state index contributed by atoms with van der Waals surface area (Å²) >= 11 is 0. The Morgan fingerprint density at radius 3 is 2.62 bits per heavy atom. The molecule has 2 N–H and O–H groups in total. The van der Waals surface area contributed by atoms with Gasteiger partial charge in [0.05, 0.1) is 6.61 Å². The molecule has 0 radical (unpaired) electrons. The van der Waals surface area contributed by atoms with E-state index in [2.05, 4.69) is 10.8 Å². The zero-order valence-corrected chi connectivity index (χ0v) is 5.53. The van der Waals surface area contributed by atoms with Crippen molar-refractivity contribution in [3.63, 3.8) is 0 Å². The highest BCUT2D eigenvalue weighted by molar-refractivity contribution is 4.36. The first kappa shape index (κ1) is 7.88. The number of nitrogens with one attached hydrogen (secondary N) is 2. The van der Waals surface area contributed by atoms with E-state index in [4.69, 9.17) is 4.84 Å². The van der Waals surface area contributed by atoms with Crippen molar-refractivity contribution in [1.29, 1.82) is 0 Å². The minimum absolute atomic E-state index is 0.726. The topological polar surface area (TPSA) is 33.3 Å². The van der Waals surface area contributed by atoms with E-state index in [-0.39, 0.29) is 0 Å². The second-order valence-electron chi connectivity index (χ2n) is 1.43. The van der Waals surface area contributed by atoms with Crippen LogP contribution in [0.5, 0.6) is 0 Å². The monoisotopic (exact) mass is 118 g/mol. The van der Waals surface area contributed by atoms with Crippen LogP contribution in [0.25, 0.3) is 0 Å². The Kier molecular flexibility index (Phi) is 6.78. The molecule has 0 saturated carbocycles. The van der Waals surface area contributed by atoms with Crippen molar-refractivity contribution in [1.82, 2.24) is 10.8 Å². The van der Waals surface area contributed by atoms with E-state index in [1.165, 1.54) is 0 Å². The molecule has 0 unspecified atom stereocenters. The normalized spacial score (nSPS) is 9.75. The molecule has 3 nitrogen and oxygen atoms in total. The van der Waals surface area contributed by atoms with Crippen LogP contribution >= 0.6 is 0 Å². The van der Waals surface area contributed by atoms with Crippen LogP contribution in [-0.2, 0) is 4.84 Å². The summed E-state index contributed by atoms with van der Waals surface area (Å²) < 4.78 is 0. The molecule has 0 fully saturated rings. The summed E-state index contributed by atoms with van der Waals surface area (Å²) in [5, 5.41) is 2.98. The lowest BCUT2D eigenvalue weighted by molar-refractivity contribution is 0.0521. The molecule has 0 aromatic heterocycles. The zero-order chi connectivity index (χ0) is 6.24. The smallest absolute Gasteiger partial charge is 0.0653 e. The maximum atomic E-state index is 4.85. The Balaban J connectivity index is 2.53. The van der Waals surface area contributed by atoms with Gasteiger partial charge in [0.15, 0.2) is 0 Å². The van der Waals surface area contributed by atoms with Crippen molar-refractivity contribution in [3.8, 4) is 0 Å². The molecule has 0 aromatic carbocycles. The predicted molar refractivity (Wildman–Crippen MR) is 33.6 cm³/mol. The lowest BCUT2D eigenvalue weighted by Crippen LogP contribution is -2.24. The van der Waals surface area contributed by atoms with Crippen molar-refractivity contribution in [2.45, 2.75) is 6.92 Å². The summed E-state index contributed by atoms with van der Waals surface area (Å²) in [7, 11) is 1.91. The van der Waals surface area contributed by atoms with Crippen LogP contribution in [0.1, 0.15) is 6.92 Å². The van der Waals surface area contributed by atoms with Crippen LogP contribution in [0.2, 0.25) is 0 Å². The minimum atomic E-state index is 0.726. The van der Waals surface area contributed by atoms with Gasteiger partial charge >= 0.3 is 0 Å². The largest absolute Gasteiger partial charge is 0.318 e. The Labute approximate surface area is 50.4 Å². The van der Waals surface area contributed by atoms with Crippen LogP contribution in [0.15, 0.2) is 0 Å². The third-order valence-electron chi connectivity index (χ3n) is 0.723. The number of hydrogen-bond donors (Lipinski definition) is 2. The van der Waals surface area contributed by atoms with Gasteiger partial charge in [-0.3, -0.25) is 0 Å². The summed E-state index contributed by atoms with van der Waals surface area (Å²) in [5.74, 6) is 0. The first-order chi connectivity index (χ1) is 3.91. The van der Waals surface area contributed by atoms with Crippen molar-refractivity contribution in [3.05, 3.63) is 0 Å². The minimum Gasteiger partial charge on any atom is -0.318 e. The van der Waals surface area contributed by atoms with Crippen LogP contribution in [0.4, 0.5) is 0 Å². The highest BCUT2D eigenvalue weighted by atomic mass is 16.6. The van der Waals surface area contributed by atoms with E-state index in [9.17, 15) is 0 Å². The lowest BCUT2D eigenvalue weighted by atomic mass is 10.7. The molecular formula is C5H14N2O. The fourth-order valence-corrected chi connectivity index (χ4v) is 0.350. The van der Waals surface area contributed by atoms with E-state index in [1.54, 1.807) is 0 Å². The van der Waals surface area contributed by atoms with E-state index >= 15 is 0 Å². The SMILES string of the molecule is CCONCCNC. The molecule has 0 aliphatic heterocycles. The van der Waals surface area contributed by atoms with E-state index in [0.717, 1.165) is 19.7 Å². The van der Waals surface area contributed by atoms with Crippen LogP contribution in [-0.4, -0.2) is 26.7 Å². The Morgan fingerprint density at radius 1 is 1.38 bits per heavy atom. The lowest BCUT2D eigenvalue weighted by Gasteiger charge is -2.00. The third kappa shape index (κ3) is 5.88. The first-order valence-corrected chi connectivity index (χ1v) is 2.91. The zero-order valence-electron chi connectivity index (χ0n) is 5.53. The quantitative estimate of drug-likeness (QED) is 0.385. The Hall–Kier alpha value is -0.120. The molecule has 0 aromatic rings. The molecule has 0 saturated heterocycles. The Bertz CT molecular complexity index is 35.4. The average Bonchev–Trinajstić information content (AvgIpc) is 1.81. The second-order valence-corrected chi connectivity index (χ2v) is 1.43. The van der Waals surface area contributed by atoms with E-state index in [0.29, 0.717) is 0 Å². The number of likely N-dealkylation sites (N-methyl/N-ethyl adjacent to an activating group) is 1. The maximum Gasteiger partial charge on any atom is 0.0653 e. The second kappa shape index (κ2) is 6.88. The molecule has 8 heavy (non-hydrogen) atoms. The Morgan fingerprint density at radius 2 is 2.12 bits per heavy atom. The molecule has 0 rings (SSSR count). The van der Waals surface area contributed by atoms with Crippen molar-refractivity contribution in [2.75, 3.05) is 26.7 Å². The summed E-state index contributed by atoms with van der Waals surface area (Å²) in [5.41, 5.74) is 2.77. The van der Waals surface area contributed by atoms with Gasteiger partial charge in [0.1, 0.15) is 0 Å². The summed E-state index contributed by atoms with van der Waals surface area (Å²) in [6.07, 6.45) is 0. The van der Waals surface area contributed by atoms with Crippen LogP contribution < -0.4 is 10.8 Å². The van der Waals surface area contributed by atoms with Gasteiger partial charge in [-0.05, 0) is 14.0 Å². The molecule has 0 aliphatic carbocycles. The molecule has 0 aliphatic rings. The molecule has 50 valence electrons.